The summed E-state index contributed by atoms with van der Waals surface area (Å²) in [6, 6.07) is 7.26. The molecule has 1 aromatic rings. The van der Waals surface area contributed by atoms with Crippen molar-refractivity contribution in [2.75, 3.05) is 37.5 Å². The summed E-state index contributed by atoms with van der Waals surface area (Å²) >= 11 is 0. The molecule has 6 heteroatoms. The van der Waals surface area contributed by atoms with Gasteiger partial charge in [-0.15, -0.1) is 0 Å². The highest BCUT2D eigenvalue weighted by atomic mass is 32.2. The van der Waals surface area contributed by atoms with E-state index in [0.717, 1.165) is 6.42 Å². The van der Waals surface area contributed by atoms with E-state index in [1.165, 1.54) is 0 Å². The maximum Gasteiger partial charge on any atom is 0.238 e. The number of hydrogen-bond acceptors (Lipinski definition) is 4. The third kappa shape index (κ3) is 6.35. The molecule has 0 saturated heterocycles. The van der Waals surface area contributed by atoms with E-state index in [4.69, 9.17) is 4.74 Å². The Hall–Kier alpha value is -1.40. The fourth-order valence-corrected chi connectivity index (χ4v) is 2.10. The highest BCUT2D eigenvalue weighted by molar-refractivity contribution is 7.84. The van der Waals surface area contributed by atoms with Crippen molar-refractivity contribution in [1.29, 1.82) is 0 Å². The summed E-state index contributed by atoms with van der Waals surface area (Å²) in [6.45, 7) is 0.910. The molecule has 0 heterocycles. The van der Waals surface area contributed by atoms with Crippen LogP contribution in [0.25, 0.3) is 0 Å². The molecule has 19 heavy (non-hydrogen) atoms. The van der Waals surface area contributed by atoms with Crippen LogP contribution < -0.4 is 15.4 Å². The van der Waals surface area contributed by atoms with Gasteiger partial charge in [0.1, 0.15) is 5.75 Å². The highest BCUT2D eigenvalue weighted by Gasteiger charge is 2.05. The first-order valence-corrected chi connectivity index (χ1v) is 7.80. The minimum absolute atomic E-state index is 0.123. The average Bonchev–Trinajstić information content (AvgIpc) is 2.38. The lowest BCUT2D eigenvalue weighted by atomic mass is 10.3. The molecule has 1 atom stereocenters. The summed E-state index contributed by atoms with van der Waals surface area (Å²) in [4.78, 5) is 11.7. The smallest absolute Gasteiger partial charge is 0.238 e. The highest BCUT2D eigenvalue weighted by Crippen LogP contribution is 2.22. The normalized spacial score (nSPS) is 11.9. The van der Waals surface area contributed by atoms with Gasteiger partial charge in [0.2, 0.25) is 5.91 Å². The van der Waals surface area contributed by atoms with Crippen molar-refractivity contribution in [2.45, 2.75) is 6.42 Å². The van der Waals surface area contributed by atoms with Crippen molar-refractivity contribution in [3.05, 3.63) is 24.3 Å². The molecular weight excluding hydrogens is 264 g/mol. The largest absolute Gasteiger partial charge is 0.495 e. The van der Waals surface area contributed by atoms with Crippen LogP contribution >= 0.6 is 0 Å². The predicted octanol–water partition coefficient (Wildman–Crippen LogP) is 0.992. The van der Waals surface area contributed by atoms with E-state index < -0.39 is 10.8 Å². The fourth-order valence-electron chi connectivity index (χ4n) is 1.54. The van der Waals surface area contributed by atoms with Crippen molar-refractivity contribution in [1.82, 2.24) is 5.32 Å². The number of hydrogen-bond donors (Lipinski definition) is 2. The Balaban J connectivity index is 2.29. The summed E-state index contributed by atoms with van der Waals surface area (Å²) < 4.78 is 16.0. The summed E-state index contributed by atoms with van der Waals surface area (Å²) in [6.07, 6.45) is 2.47. The van der Waals surface area contributed by atoms with Crippen LogP contribution in [0.4, 0.5) is 5.69 Å². The third-order valence-electron chi connectivity index (χ3n) is 2.45. The second-order valence-corrected chi connectivity index (χ2v) is 5.61. The number of nitrogens with one attached hydrogen (secondary N) is 2. The van der Waals surface area contributed by atoms with Crippen molar-refractivity contribution < 1.29 is 13.7 Å². The topological polar surface area (TPSA) is 67.4 Å². The molecule has 0 aromatic heterocycles. The predicted molar refractivity (Wildman–Crippen MR) is 78.0 cm³/mol. The van der Waals surface area contributed by atoms with Crippen molar-refractivity contribution in [2.24, 2.45) is 0 Å². The molecule has 0 bridgehead atoms. The Morgan fingerprint density at radius 1 is 1.37 bits per heavy atom. The minimum atomic E-state index is -0.773. The second-order valence-electron chi connectivity index (χ2n) is 4.06. The van der Waals surface area contributed by atoms with E-state index in [1.54, 1.807) is 25.5 Å². The minimum Gasteiger partial charge on any atom is -0.495 e. The molecule has 0 saturated carbocycles. The first-order chi connectivity index (χ1) is 9.13. The first kappa shape index (κ1) is 15.7. The molecule has 0 fully saturated rings. The monoisotopic (exact) mass is 284 g/mol. The van der Waals surface area contributed by atoms with E-state index >= 15 is 0 Å². The Bertz CT molecular complexity index is 438. The lowest BCUT2D eigenvalue weighted by molar-refractivity contribution is -0.115. The molecule has 1 amide bonds. The van der Waals surface area contributed by atoms with Gasteiger partial charge in [0, 0.05) is 22.8 Å². The zero-order chi connectivity index (χ0) is 14.1. The molecule has 1 rings (SSSR count). The molecule has 0 aliphatic heterocycles. The van der Waals surface area contributed by atoms with Crippen LogP contribution in [-0.4, -0.2) is 42.3 Å². The van der Waals surface area contributed by atoms with E-state index in [2.05, 4.69) is 10.6 Å². The number of carbonyl (C=O) groups is 1. The lowest BCUT2D eigenvalue weighted by Gasteiger charge is -2.10. The van der Waals surface area contributed by atoms with Crippen LogP contribution in [0.15, 0.2) is 24.3 Å². The molecule has 1 aromatic carbocycles. The van der Waals surface area contributed by atoms with Gasteiger partial charge in [0.05, 0.1) is 19.3 Å². The van der Waals surface area contributed by atoms with Crippen LogP contribution in [0.3, 0.4) is 0 Å². The number of rotatable bonds is 8. The number of para-hydroxylation sites is 2. The number of anilines is 1. The van der Waals surface area contributed by atoms with Crippen LogP contribution in [0.5, 0.6) is 5.75 Å². The van der Waals surface area contributed by atoms with Crippen LogP contribution in [0.1, 0.15) is 6.42 Å². The van der Waals surface area contributed by atoms with E-state index in [-0.39, 0.29) is 12.5 Å². The van der Waals surface area contributed by atoms with E-state index in [9.17, 15) is 9.00 Å². The quantitative estimate of drug-likeness (QED) is 0.699. The van der Waals surface area contributed by atoms with Gasteiger partial charge in [0.15, 0.2) is 0 Å². The summed E-state index contributed by atoms with van der Waals surface area (Å²) in [5, 5.41) is 5.79. The summed E-state index contributed by atoms with van der Waals surface area (Å²) in [5.41, 5.74) is 0.659. The molecule has 1 unspecified atom stereocenters. The number of methoxy groups -OCH3 is 1. The van der Waals surface area contributed by atoms with Gasteiger partial charge >= 0.3 is 0 Å². The van der Waals surface area contributed by atoms with Gasteiger partial charge in [-0.2, -0.15) is 0 Å². The first-order valence-electron chi connectivity index (χ1n) is 6.07. The molecule has 0 aliphatic rings. The number of carbonyl (C=O) groups excluding carboxylic acids is 1. The molecule has 0 aliphatic carbocycles. The van der Waals surface area contributed by atoms with Crippen LogP contribution in [0.2, 0.25) is 0 Å². The maximum atomic E-state index is 11.7. The van der Waals surface area contributed by atoms with Crippen molar-refractivity contribution in [3.8, 4) is 5.75 Å². The van der Waals surface area contributed by atoms with Crippen molar-refractivity contribution >= 4 is 22.4 Å². The van der Waals surface area contributed by atoms with E-state index in [1.807, 2.05) is 12.1 Å². The molecule has 106 valence electrons. The average molecular weight is 284 g/mol. The van der Waals surface area contributed by atoms with E-state index in [0.29, 0.717) is 23.7 Å². The zero-order valence-corrected chi connectivity index (χ0v) is 12.1. The summed E-state index contributed by atoms with van der Waals surface area (Å²) in [5.74, 6) is 1.17. The fraction of sp³-hybridized carbons (Fsp3) is 0.462. The second kappa shape index (κ2) is 8.66. The Labute approximate surface area is 116 Å². The molecule has 0 radical (unpaired) electrons. The van der Waals surface area contributed by atoms with Gasteiger partial charge < -0.3 is 15.4 Å². The standard InChI is InChI=1S/C13H20N2O3S/c1-18-12-7-4-3-6-11(12)15-13(16)10-14-8-5-9-19(2)17/h3-4,6-7,14H,5,8-10H2,1-2H3,(H,15,16). The Morgan fingerprint density at radius 3 is 2.79 bits per heavy atom. The molecule has 5 nitrogen and oxygen atoms in total. The number of amides is 1. The maximum absolute atomic E-state index is 11.7. The zero-order valence-electron chi connectivity index (χ0n) is 11.3. The SMILES string of the molecule is COc1ccccc1NC(=O)CNCCCS(C)=O. The lowest BCUT2D eigenvalue weighted by Crippen LogP contribution is -2.29. The molecule has 0 spiro atoms. The van der Waals surface area contributed by atoms with Crippen LogP contribution in [-0.2, 0) is 15.6 Å². The Kier molecular flexibility index (Phi) is 7.14. The van der Waals surface area contributed by atoms with Gasteiger partial charge in [-0.3, -0.25) is 9.00 Å². The number of benzene rings is 1. The molecule has 2 N–H and O–H groups in total. The molecular formula is C13H20N2O3S. The Morgan fingerprint density at radius 2 is 2.11 bits per heavy atom. The van der Waals surface area contributed by atoms with Gasteiger partial charge in [0.25, 0.3) is 0 Å². The summed E-state index contributed by atoms with van der Waals surface area (Å²) in [7, 11) is 0.791. The third-order valence-corrected chi connectivity index (χ3v) is 3.32. The number of ether oxygens (including phenoxy) is 1. The van der Waals surface area contributed by atoms with Crippen molar-refractivity contribution in [3.63, 3.8) is 0 Å². The van der Waals surface area contributed by atoms with Gasteiger partial charge in [-0.1, -0.05) is 12.1 Å². The van der Waals surface area contributed by atoms with Gasteiger partial charge in [-0.05, 0) is 25.1 Å². The van der Waals surface area contributed by atoms with Crippen LogP contribution in [0, 0.1) is 0 Å². The van der Waals surface area contributed by atoms with Gasteiger partial charge in [-0.25, -0.2) is 0 Å².